The van der Waals surface area contributed by atoms with Crippen molar-refractivity contribution in [3.05, 3.63) is 51.4 Å². The van der Waals surface area contributed by atoms with Crippen LogP contribution in [0.2, 0.25) is 5.02 Å². The monoisotopic (exact) mass is 337 g/mol. The first-order valence-electron chi connectivity index (χ1n) is 6.80. The van der Waals surface area contributed by atoms with Crippen molar-refractivity contribution in [2.75, 3.05) is 12.3 Å². The van der Waals surface area contributed by atoms with Crippen molar-refractivity contribution in [2.45, 2.75) is 19.8 Å². The maximum absolute atomic E-state index is 12.5. The zero-order valence-electron chi connectivity index (χ0n) is 12.1. The fourth-order valence-electron chi connectivity index (χ4n) is 2.01. The van der Waals surface area contributed by atoms with Gasteiger partial charge in [0.15, 0.2) is 5.78 Å². The molecule has 0 radical (unpaired) electrons. The van der Waals surface area contributed by atoms with Crippen LogP contribution in [0.3, 0.4) is 0 Å². The quantitative estimate of drug-likeness (QED) is 0.495. The van der Waals surface area contributed by atoms with Gasteiger partial charge in [-0.05, 0) is 31.0 Å². The summed E-state index contributed by atoms with van der Waals surface area (Å²) in [5.74, 6) is -0.467. The number of esters is 1. The number of benzene rings is 1. The number of rotatable bonds is 6. The van der Waals surface area contributed by atoms with Crippen molar-refractivity contribution in [1.29, 1.82) is 0 Å². The average molecular weight is 338 g/mol. The van der Waals surface area contributed by atoms with Gasteiger partial charge in [0.05, 0.1) is 22.2 Å². The number of ether oxygens (including phenoxy) is 1. The van der Waals surface area contributed by atoms with Crippen molar-refractivity contribution in [1.82, 2.24) is 0 Å². The summed E-state index contributed by atoms with van der Waals surface area (Å²) in [6, 6.07) is 8.69. The number of anilines is 1. The van der Waals surface area contributed by atoms with E-state index in [9.17, 15) is 9.59 Å². The summed E-state index contributed by atoms with van der Waals surface area (Å²) in [6.07, 6.45) is 1.40. The molecule has 0 atom stereocenters. The molecule has 0 aliphatic carbocycles. The van der Waals surface area contributed by atoms with Crippen LogP contribution in [0.1, 0.15) is 34.1 Å². The number of hydrogen-bond acceptors (Lipinski definition) is 5. The minimum Gasteiger partial charge on any atom is -0.466 e. The second-order valence-electron chi connectivity index (χ2n) is 4.74. The predicted octanol–water partition coefficient (Wildman–Crippen LogP) is 3.71. The van der Waals surface area contributed by atoms with Gasteiger partial charge in [0, 0.05) is 17.4 Å². The van der Waals surface area contributed by atoms with Gasteiger partial charge >= 0.3 is 5.97 Å². The van der Waals surface area contributed by atoms with Gasteiger partial charge in [-0.15, -0.1) is 11.3 Å². The molecule has 0 saturated carbocycles. The summed E-state index contributed by atoms with van der Waals surface area (Å²) in [5.41, 5.74) is 6.87. The number of nitrogen functional groups attached to an aromatic ring is 1. The second-order valence-corrected chi connectivity index (χ2v) is 6.32. The maximum Gasteiger partial charge on any atom is 0.302 e. The molecule has 0 bridgehead atoms. The van der Waals surface area contributed by atoms with Crippen molar-refractivity contribution in [2.24, 2.45) is 0 Å². The van der Waals surface area contributed by atoms with E-state index in [-0.39, 0.29) is 11.8 Å². The highest BCUT2D eigenvalue weighted by Crippen LogP contribution is 2.29. The van der Waals surface area contributed by atoms with Gasteiger partial charge in [0.25, 0.3) is 0 Å². The minimum absolute atomic E-state index is 0.175. The number of thiophene rings is 1. The van der Waals surface area contributed by atoms with E-state index in [4.69, 9.17) is 22.1 Å². The van der Waals surface area contributed by atoms with Crippen LogP contribution in [0.5, 0.6) is 0 Å². The van der Waals surface area contributed by atoms with E-state index < -0.39 is 0 Å². The van der Waals surface area contributed by atoms with Gasteiger partial charge in [-0.3, -0.25) is 9.59 Å². The second kappa shape index (κ2) is 7.42. The first kappa shape index (κ1) is 16.5. The Labute approximate surface area is 137 Å². The third-order valence-electron chi connectivity index (χ3n) is 3.05. The first-order chi connectivity index (χ1) is 10.5. The molecule has 22 heavy (non-hydrogen) atoms. The van der Waals surface area contributed by atoms with E-state index in [1.807, 2.05) is 0 Å². The van der Waals surface area contributed by atoms with Crippen molar-refractivity contribution in [3.8, 4) is 0 Å². The zero-order chi connectivity index (χ0) is 16.1. The summed E-state index contributed by atoms with van der Waals surface area (Å²) in [4.78, 5) is 24.2. The summed E-state index contributed by atoms with van der Waals surface area (Å²) in [7, 11) is 0. The largest absolute Gasteiger partial charge is 0.466 e. The molecule has 1 heterocycles. The number of carbonyl (C=O) groups is 2. The Morgan fingerprint density at radius 2 is 2.00 bits per heavy atom. The maximum atomic E-state index is 12.5. The van der Waals surface area contributed by atoms with Crippen molar-refractivity contribution < 1.29 is 14.3 Å². The number of carbonyl (C=O) groups excluding carboxylic acids is 2. The van der Waals surface area contributed by atoms with Crippen molar-refractivity contribution >= 4 is 39.7 Å². The highest BCUT2D eigenvalue weighted by molar-refractivity contribution is 7.16. The Morgan fingerprint density at radius 3 is 2.68 bits per heavy atom. The SMILES string of the molecule is CC(=O)OCCCc1cc(C(=O)c2ccccc2Cl)c(N)s1. The van der Waals surface area contributed by atoms with Crippen molar-refractivity contribution in [3.63, 3.8) is 0 Å². The summed E-state index contributed by atoms with van der Waals surface area (Å²) in [5, 5.41) is 0.891. The lowest BCUT2D eigenvalue weighted by Crippen LogP contribution is -2.03. The molecule has 6 heteroatoms. The number of nitrogens with two attached hydrogens (primary N) is 1. The van der Waals surface area contributed by atoms with Crippen LogP contribution in [-0.4, -0.2) is 18.4 Å². The Morgan fingerprint density at radius 1 is 1.27 bits per heavy atom. The highest BCUT2D eigenvalue weighted by atomic mass is 35.5. The smallest absolute Gasteiger partial charge is 0.302 e. The lowest BCUT2D eigenvalue weighted by molar-refractivity contribution is -0.141. The highest BCUT2D eigenvalue weighted by Gasteiger charge is 2.18. The molecule has 2 N–H and O–H groups in total. The van der Waals surface area contributed by atoms with E-state index in [1.165, 1.54) is 18.3 Å². The Hall–Kier alpha value is -1.85. The van der Waals surface area contributed by atoms with Crippen LogP contribution >= 0.6 is 22.9 Å². The number of aryl methyl sites for hydroxylation is 1. The fraction of sp³-hybridized carbons (Fsp3) is 0.250. The molecule has 1 aromatic carbocycles. The Bertz CT molecular complexity index is 696. The molecule has 0 saturated heterocycles. The molecule has 2 rings (SSSR count). The molecule has 4 nitrogen and oxygen atoms in total. The van der Waals surface area contributed by atoms with Gasteiger partial charge in [-0.25, -0.2) is 0 Å². The number of ketones is 1. The predicted molar refractivity (Wildman–Crippen MR) is 88.6 cm³/mol. The van der Waals surface area contributed by atoms with E-state index >= 15 is 0 Å². The topological polar surface area (TPSA) is 69.4 Å². The molecule has 1 aromatic heterocycles. The van der Waals surface area contributed by atoms with Gasteiger partial charge in [-0.1, -0.05) is 23.7 Å². The molecule has 0 spiro atoms. The van der Waals surface area contributed by atoms with Gasteiger partial charge < -0.3 is 10.5 Å². The lowest BCUT2D eigenvalue weighted by Gasteiger charge is -2.02. The van der Waals surface area contributed by atoms with Crippen LogP contribution in [-0.2, 0) is 16.0 Å². The van der Waals surface area contributed by atoms with Crippen LogP contribution in [0.25, 0.3) is 0 Å². The Kier molecular flexibility index (Phi) is 5.57. The molecule has 0 unspecified atom stereocenters. The standard InChI is InChI=1S/C16H16ClNO3S/c1-10(19)21-8-4-5-11-9-13(16(18)22-11)15(20)12-6-2-3-7-14(12)17/h2-3,6-7,9H,4-5,8,18H2,1H3. The number of halogens is 1. The molecule has 0 amide bonds. The summed E-state index contributed by atoms with van der Waals surface area (Å²) < 4.78 is 4.88. The van der Waals surface area contributed by atoms with Crippen LogP contribution in [0.4, 0.5) is 5.00 Å². The molecule has 0 fully saturated rings. The first-order valence-corrected chi connectivity index (χ1v) is 7.99. The normalized spacial score (nSPS) is 10.5. The molecule has 116 valence electrons. The summed E-state index contributed by atoms with van der Waals surface area (Å²) in [6.45, 7) is 1.74. The van der Waals surface area contributed by atoms with Crippen LogP contribution < -0.4 is 5.73 Å². The lowest BCUT2D eigenvalue weighted by atomic mass is 10.0. The fourth-order valence-corrected chi connectivity index (χ4v) is 3.20. The minimum atomic E-state index is -0.291. The Balaban J connectivity index is 2.08. The molecule has 0 aliphatic heterocycles. The van der Waals surface area contributed by atoms with E-state index in [0.29, 0.717) is 40.6 Å². The van der Waals surface area contributed by atoms with E-state index in [1.54, 1.807) is 30.3 Å². The van der Waals surface area contributed by atoms with Crippen LogP contribution in [0.15, 0.2) is 30.3 Å². The van der Waals surface area contributed by atoms with Gasteiger partial charge in [0.1, 0.15) is 0 Å². The molecular formula is C16H16ClNO3S. The third kappa shape index (κ3) is 4.08. The van der Waals surface area contributed by atoms with Gasteiger partial charge in [0.2, 0.25) is 0 Å². The van der Waals surface area contributed by atoms with E-state index in [2.05, 4.69) is 0 Å². The van der Waals surface area contributed by atoms with Crippen LogP contribution in [0, 0.1) is 0 Å². The van der Waals surface area contributed by atoms with E-state index in [0.717, 1.165) is 4.88 Å². The number of hydrogen-bond donors (Lipinski definition) is 1. The zero-order valence-corrected chi connectivity index (χ0v) is 13.7. The van der Waals surface area contributed by atoms with Gasteiger partial charge in [-0.2, -0.15) is 0 Å². The molecular weight excluding hydrogens is 322 g/mol. The third-order valence-corrected chi connectivity index (χ3v) is 4.40. The average Bonchev–Trinajstić information content (AvgIpc) is 2.84. The summed E-state index contributed by atoms with van der Waals surface area (Å²) >= 11 is 7.43. The molecule has 2 aromatic rings. The molecule has 0 aliphatic rings.